The summed E-state index contributed by atoms with van der Waals surface area (Å²) in [5, 5.41) is 14.4. The summed E-state index contributed by atoms with van der Waals surface area (Å²) in [4.78, 5) is 46.5. The highest BCUT2D eigenvalue weighted by molar-refractivity contribution is 5.87. The number of aromatic amines is 1. The van der Waals surface area contributed by atoms with Gasteiger partial charge in [-0.25, -0.2) is 14.0 Å². The fourth-order valence-corrected chi connectivity index (χ4v) is 4.81. The lowest BCUT2D eigenvalue weighted by atomic mass is 10.00. The lowest BCUT2D eigenvalue weighted by Gasteiger charge is -2.21. The van der Waals surface area contributed by atoms with Crippen molar-refractivity contribution < 1.29 is 28.0 Å². The van der Waals surface area contributed by atoms with Gasteiger partial charge in [-0.15, -0.1) is 5.10 Å². The second kappa shape index (κ2) is 14.8. The Morgan fingerprint density at radius 2 is 1.84 bits per heavy atom. The van der Waals surface area contributed by atoms with E-state index < -0.39 is 23.6 Å². The zero-order chi connectivity index (χ0) is 35.2. The molecule has 15 heteroatoms. The number of aryl methyl sites for hydroxylation is 2. The highest BCUT2D eigenvalue weighted by Gasteiger charge is 2.27. The number of likely N-dealkylation sites (N-methyl/N-ethyl adjacent to an activating group) is 1. The molecule has 2 aromatic heterocycles. The molecule has 0 aliphatic carbocycles. The molecular weight excluding hydrogens is 635 g/mol. The number of rotatable bonds is 12. The van der Waals surface area contributed by atoms with Gasteiger partial charge >= 0.3 is 11.8 Å². The van der Waals surface area contributed by atoms with E-state index in [1.165, 1.54) is 4.90 Å². The van der Waals surface area contributed by atoms with Crippen LogP contribution in [0, 0.1) is 12.7 Å². The second-order valence-corrected chi connectivity index (χ2v) is 11.5. The van der Waals surface area contributed by atoms with Crippen LogP contribution in [-0.2, 0) is 16.0 Å². The van der Waals surface area contributed by atoms with Crippen molar-refractivity contribution in [1.82, 2.24) is 29.8 Å². The molecule has 5 aromatic rings. The number of amides is 2. The average Bonchev–Trinajstić information content (AvgIpc) is 3.68. The number of hydrogen-bond donors (Lipinski definition) is 3. The largest absolute Gasteiger partial charge is 0.481 e. The topological polar surface area (TPSA) is 169 Å². The number of hydrogen-bond acceptors (Lipinski definition) is 10. The molecule has 14 nitrogen and oxygen atoms in total. The maximum absolute atomic E-state index is 16.4. The van der Waals surface area contributed by atoms with Crippen molar-refractivity contribution in [3.05, 3.63) is 99.8 Å². The fraction of sp³-hybridized carbons (Fsp3) is 0.294. The van der Waals surface area contributed by atoms with Gasteiger partial charge in [0.1, 0.15) is 6.04 Å². The molecule has 0 saturated carbocycles. The standard InChI is InChI=1S/C34H37FN8O6/c1-7-21-16-24(29(35)27(17-21)47-18-28(44)42(5)6)30(37-23-14-12-22(13-15-23)31-36-20(4)49-41-31)32-39-33(45)43(40-32)26-11-9-8-10-25(26)38-34(46)48-19(2)3/h8-17,19,30,37H,7,18H2,1-6H3,(H,38,46)(H,39,40,45). The van der Waals surface area contributed by atoms with E-state index in [1.54, 1.807) is 95.5 Å². The minimum atomic E-state index is -1.06. The molecule has 0 radical (unpaired) electrons. The number of H-pyrrole nitrogens is 1. The summed E-state index contributed by atoms with van der Waals surface area (Å²) in [7, 11) is 3.16. The quantitative estimate of drug-likeness (QED) is 0.159. The summed E-state index contributed by atoms with van der Waals surface area (Å²) >= 11 is 0. The number of halogens is 1. The Labute approximate surface area is 281 Å². The van der Waals surface area contributed by atoms with Crippen LogP contribution >= 0.6 is 0 Å². The zero-order valence-electron chi connectivity index (χ0n) is 27.9. The number of nitrogens with zero attached hydrogens (tertiary/aromatic N) is 5. The Bertz CT molecular complexity index is 2000. The molecule has 0 spiro atoms. The number of carbonyl (C=O) groups excluding carboxylic acids is 2. The number of anilines is 2. The zero-order valence-corrected chi connectivity index (χ0v) is 27.9. The van der Waals surface area contributed by atoms with Crippen molar-refractivity contribution in [2.24, 2.45) is 0 Å². The number of aromatic nitrogens is 5. The van der Waals surface area contributed by atoms with Gasteiger partial charge in [0.05, 0.1) is 17.5 Å². The van der Waals surface area contributed by atoms with Gasteiger partial charge in [-0.1, -0.05) is 30.3 Å². The van der Waals surface area contributed by atoms with Gasteiger partial charge in [0.2, 0.25) is 11.7 Å². The fourth-order valence-electron chi connectivity index (χ4n) is 4.81. The van der Waals surface area contributed by atoms with Crippen molar-refractivity contribution in [3.8, 4) is 22.8 Å². The van der Waals surface area contributed by atoms with Crippen molar-refractivity contribution in [3.63, 3.8) is 0 Å². The highest BCUT2D eigenvalue weighted by Crippen LogP contribution is 2.33. The molecule has 0 fully saturated rings. The molecule has 2 heterocycles. The van der Waals surface area contributed by atoms with Crippen LogP contribution in [0.25, 0.3) is 17.1 Å². The molecule has 49 heavy (non-hydrogen) atoms. The maximum Gasteiger partial charge on any atom is 0.411 e. The van der Waals surface area contributed by atoms with E-state index >= 15 is 4.39 Å². The van der Waals surface area contributed by atoms with E-state index in [2.05, 4.69) is 30.9 Å². The number of ether oxygens (including phenoxy) is 2. The van der Waals surface area contributed by atoms with Gasteiger partial charge < -0.3 is 24.2 Å². The second-order valence-electron chi connectivity index (χ2n) is 11.5. The molecule has 0 aliphatic rings. The molecule has 1 atom stereocenters. The van der Waals surface area contributed by atoms with Crippen molar-refractivity contribution in [1.29, 1.82) is 0 Å². The third-order valence-corrected chi connectivity index (χ3v) is 7.30. The average molecular weight is 673 g/mol. The minimum absolute atomic E-state index is 0.0601. The van der Waals surface area contributed by atoms with Crippen molar-refractivity contribution in [2.45, 2.75) is 46.3 Å². The van der Waals surface area contributed by atoms with Crippen LogP contribution in [0.4, 0.5) is 20.6 Å². The summed E-state index contributed by atoms with van der Waals surface area (Å²) in [5.74, 6) is -0.328. The molecule has 3 N–H and O–H groups in total. The SMILES string of the molecule is CCc1cc(OCC(=O)N(C)C)c(F)c(C(Nc2ccc(-c3noc(C)n3)cc2)c2nn(-c3ccccc3NC(=O)OC(C)C)c(=O)[nH]2)c1. The number of para-hydroxylation sites is 2. The van der Waals surface area contributed by atoms with E-state index in [9.17, 15) is 14.4 Å². The summed E-state index contributed by atoms with van der Waals surface area (Å²) in [6.45, 7) is 6.64. The Balaban J connectivity index is 1.58. The van der Waals surface area contributed by atoms with Crippen LogP contribution in [0.15, 0.2) is 70.0 Å². The van der Waals surface area contributed by atoms with Crippen LogP contribution in [0.5, 0.6) is 5.75 Å². The molecule has 0 aliphatic heterocycles. The summed E-state index contributed by atoms with van der Waals surface area (Å²) < 4.78 is 33.4. The van der Waals surface area contributed by atoms with Crippen LogP contribution in [0.1, 0.15) is 49.7 Å². The smallest absolute Gasteiger partial charge is 0.411 e. The van der Waals surface area contributed by atoms with Crippen molar-refractivity contribution >= 4 is 23.4 Å². The Morgan fingerprint density at radius 1 is 1.10 bits per heavy atom. The Kier molecular flexibility index (Phi) is 10.4. The first kappa shape index (κ1) is 34.3. The summed E-state index contributed by atoms with van der Waals surface area (Å²) in [5.41, 5.74) is 1.95. The lowest BCUT2D eigenvalue weighted by molar-refractivity contribution is -0.130. The third-order valence-electron chi connectivity index (χ3n) is 7.30. The molecule has 256 valence electrons. The van der Waals surface area contributed by atoms with Gasteiger partial charge in [0.15, 0.2) is 24.0 Å². The van der Waals surface area contributed by atoms with E-state index in [4.69, 9.17) is 14.0 Å². The van der Waals surface area contributed by atoms with E-state index in [0.717, 1.165) is 10.2 Å². The molecule has 1 unspecified atom stereocenters. The third kappa shape index (κ3) is 8.12. The maximum atomic E-state index is 16.4. The van der Waals surface area contributed by atoms with Crippen LogP contribution in [0.3, 0.4) is 0 Å². The highest BCUT2D eigenvalue weighted by atomic mass is 19.1. The minimum Gasteiger partial charge on any atom is -0.481 e. The molecule has 3 aromatic carbocycles. The number of carbonyl (C=O) groups is 2. The number of nitrogens with one attached hydrogen (secondary N) is 3. The molecule has 5 rings (SSSR count). The molecule has 2 amide bonds. The van der Waals surface area contributed by atoms with Gasteiger partial charge in [-0.2, -0.15) is 9.67 Å². The predicted molar refractivity (Wildman–Crippen MR) is 179 cm³/mol. The van der Waals surface area contributed by atoms with E-state index in [-0.39, 0.29) is 47.1 Å². The normalized spacial score (nSPS) is 11.7. The first-order valence-corrected chi connectivity index (χ1v) is 15.5. The van der Waals surface area contributed by atoms with Crippen LogP contribution in [-0.4, -0.2) is 68.6 Å². The summed E-state index contributed by atoms with van der Waals surface area (Å²) in [6, 6.07) is 15.7. The van der Waals surface area contributed by atoms with Crippen LogP contribution in [0.2, 0.25) is 0 Å². The molecular formula is C34H37FN8O6. The van der Waals surface area contributed by atoms with Gasteiger partial charge in [0.25, 0.3) is 5.91 Å². The summed E-state index contributed by atoms with van der Waals surface area (Å²) in [6.07, 6.45) is -0.551. The van der Waals surface area contributed by atoms with Crippen molar-refractivity contribution in [2.75, 3.05) is 31.3 Å². The van der Waals surface area contributed by atoms with E-state index in [0.29, 0.717) is 29.4 Å². The molecule has 0 bridgehead atoms. The van der Waals surface area contributed by atoms with Gasteiger partial charge in [-0.05, 0) is 68.3 Å². The Hall–Kier alpha value is -5.99. The lowest BCUT2D eigenvalue weighted by Crippen LogP contribution is -2.28. The first-order chi connectivity index (χ1) is 23.4. The molecule has 0 saturated heterocycles. The number of benzene rings is 3. The van der Waals surface area contributed by atoms with Gasteiger partial charge in [0, 0.05) is 37.8 Å². The van der Waals surface area contributed by atoms with Crippen LogP contribution < -0.4 is 21.1 Å². The Morgan fingerprint density at radius 3 is 2.49 bits per heavy atom. The predicted octanol–water partition coefficient (Wildman–Crippen LogP) is 5.25. The monoisotopic (exact) mass is 672 g/mol. The van der Waals surface area contributed by atoms with Gasteiger partial charge in [-0.3, -0.25) is 15.1 Å². The first-order valence-electron chi connectivity index (χ1n) is 15.5. The van der Waals surface area contributed by atoms with E-state index in [1.807, 2.05) is 6.92 Å².